The van der Waals surface area contributed by atoms with Gasteiger partial charge in [0.1, 0.15) is 11.5 Å². The molecule has 2 bridgehead atoms. The van der Waals surface area contributed by atoms with Gasteiger partial charge in [-0.3, -0.25) is 9.59 Å². The summed E-state index contributed by atoms with van der Waals surface area (Å²) in [6.07, 6.45) is 3.12. The van der Waals surface area contributed by atoms with Crippen molar-refractivity contribution in [2.24, 2.45) is 34.2 Å². The minimum atomic E-state index is -4.45. The number of benzene rings is 1. The van der Waals surface area contributed by atoms with Gasteiger partial charge < -0.3 is 4.42 Å². The Morgan fingerprint density at radius 1 is 1.03 bits per heavy atom. The normalized spacial score (nSPS) is 30.2. The van der Waals surface area contributed by atoms with Crippen LogP contribution in [0.1, 0.15) is 24.2 Å². The summed E-state index contributed by atoms with van der Waals surface area (Å²) in [6.45, 7) is 0. The number of carbonyl (C=O) groups excluding carboxylic acids is 2. The molecular weight excluding hydrogens is 409 g/mol. The second-order valence-corrected chi connectivity index (χ2v) is 8.73. The highest BCUT2D eigenvalue weighted by molar-refractivity contribution is 6.07. The lowest BCUT2D eigenvalue weighted by atomic mass is 9.85. The molecule has 1 aromatic heterocycles. The fraction of sp³-hybridized carbons (Fsp3) is 0.348. The predicted molar refractivity (Wildman–Crippen MR) is 103 cm³/mol. The summed E-state index contributed by atoms with van der Waals surface area (Å²) in [5, 5.41) is 5.01. The molecule has 2 amide bonds. The molecule has 2 heterocycles. The van der Waals surface area contributed by atoms with Gasteiger partial charge in [0.25, 0.3) is 11.8 Å². The number of carbonyl (C=O) groups is 2. The molecule has 4 aliphatic rings. The Hall–Kier alpha value is -3.16. The molecular formula is C23H17F3N2O3. The molecule has 0 radical (unpaired) electrons. The van der Waals surface area contributed by atoms with Crippen molar-refractivity contribution in [2.75, 3.05) is 0 Å². The van der Waals surface area contributed by atoms with E-state index in [1.54, 1.807) is 0 Å². The summed E-state index contributed by atoms with van der Waals surface area (Å²) in [7, 11) is 0. The molecule has 1 spiro atoms. The van der Waals surface area contributed by atoms with Gasteiger partial charge in [-0.05, 0) is 54.4 Å². The first-order chi connectivity index (χ1) is 14.8. The number of allylic oxidation sites excluding steroid dienone is 2. The van der Waals surface area contributed by atoms with Gasteiger partial charge in [-0.15, -0.1) is 0 Å². The van der Waals surface area contributed by atoms with Gasteiger partial charge >= 0.3 is 6.18 Å². The van der Waals surface area contributed by atoms with Crippen molar-refractivity contribution in [1.82, 2.24) is 5.01 Å². The predicted octanol–water partition coefficient (Wildman–Crippen LogP) is 4.50. The van der Waals surface area contributed by atoms with Crippen LogP contribution in [-0.4, -0.2) is 23.0 Å². The van der Waals surface area contributed by atoms with Crippen molar-refractivity contribution in [3.05, 3.63) is 59.9 Å². The third kappa shape index (κ3) is 2.53. The molecule has 4 atom stereocenters. The van der Waals surface area contributed by atoms with Crippen LogP contribution in [0.5, 0.6) is 0 Å². The molecule has 158 valence electrons. The van der Waals surface area contributed by atoms with Crippen LogP contribution < -0.4 is 0 Å². The second-order valence-electron chi connectivity index (χ2n) is 8.73. The van der Waals surface area contributed by atoms with Crippen molar-refractivity contribution in [1.29, 1.82) is 0 Å². The van der Waals surface area contributed by atoms with Crippen LogP contribution in [0.15, 0.2) is 58.1 Å². The number of imide groups is 1. The van der Waals surface area contributed by atoms with Crippen molar-refractivity contribution < 1.29 is 27.2 Å². The first-order valence-corrected chi connectivity index (χ1v) is 10.2. The lowest BCUT2D eigenvalue weighted by molar-refractivity contribution is -0.141. The van der Waals surface area contributed by atoms with E-state index in [1.807, 2.05) is 0 Å². The van der Waals surface area contributed by atoms with E-state index >= 15 is 0 Å². The fourth-order valence-corrected chi connectivity index (χ4v) is 5.72. The van der Waals surface area contributed by atoms with Crippen LogP contribution in [0.3, 0.4) is 0 Å². The Balaban J connectivity index is 1.22. The highest BCUT2D eigenvalue weighted by Gasteiger charge is 2.73. The molecule has 3 aliphatic carbocycles. The largest absolute Gasteiger partial charge is 0.455 e. The van der Waals surface area contributed by atoms with Crippen LogP contribution in [0.25, 0.3) is 11.3 Å². The average molecular weight is 426 g/mol. The van der Waals surface area contributed by atoms with E-state index in [-0.39, 0.29) is 58.0 Å². The maximum atomic E-state index is 12.9. The van der Waals surface area contributed by atoms with E-state index in [9.17, 15) is 22.8 Å². The zero-order valence-electron chi connectivity index (χ0n) is 16.2. The Bertz CT molecular complexity index is 1140. The molecule has 3 fully saturated rings. The summed E-state index contributed by atoms with van der Waals surface area (Å²) < 4.78 is 44.4. The third-order valence-corrected chi connectivity index (χ3v) is 7.23. The van der Waals surface area contributed by atoms with Gasteiger partial charge in [0.15, 0.2) is 0 Å². The zero-order chi connectivity index (χ0) is 21.5. The second kappa shape index (κ2) is 5.96. The van der Waals surface area contributed by atoms with Crippen LogP contribution >= 0.6 is 0 Å². The monoisotopic (exact) mass is 426 g/mol. The molecule has 2 aromatic rings. The van der Waals surface area contributed by atoms with Crippen LogP contribution in [0.4, 0.5) is 13.2 Å². The molecule has 5 nitrogen and oxygen atoms in total. The van der Waals surface area contributed by atoms with E-state index in [2.05, 4.69) is 17.3 Å². The fourth-order valence-electron chi connectivity index (χ4n) is 5.72. The lowest BCUT2D eigenvalue weighted by Gasteiger charge is -2.18. The van der Waals surface area contributed by atoms with Gasteiger partial charge in [0.2, 0.25) is 0 Å². The summed E-state index contributed by atoms with van der Waals surface area (Å²) in [5.74, 6) is -0.506. The summed E-state index contributed by atoms with van der Waals surface area (Å²) in [4.78, 5) is 25.8. The molecule has 8 heteroatoms. The number of hydrazone groups is 1. The highest BCUT2D eigenvalue weighted by Crippen LogP contribution is 2.73. The molecule has 0 N–H and O–H groups in total. The first kappa shape index (κ1) is 18.6. The van der Waals surface area contributed by atoms with Crippen molar-refractivity contribution >= 4 is 18.0 Å². The Labute approximate surface area is 175 Å². The number of alkyl halides is 3. The average Bonchev–Trinajstić information content (AvgIpc) is 3.02. The van der Waals surface area contributed by atoms with Gasteiger partial charge in [0, 0.05) is 5.56 Å². The number of amides is 2. The van der Waals surface area contributed by atoms with E-state index in [4.69, 9.17) is 4.42 Å². The topological polar surface area (TPSA) is 62.9 Å². The van der Waals surface area contributed by atoms with E-state index < -0.39 is 11.7 Å². The molecule has 1 aromatic carbocycles. The standard InChI is InChI=1S/C23H17F3N2O3/c24-23(25,26)13-3-1-2-12(10-13)17-7-4-14(31-17)11-27-28-20(29)18-15-5-6-16(19(18)21(28)30)22(15)8-9-22/h1-7,10-11,15-16,18-19H,8-9H2/b27-11-/t15-,16-,18+,19+/m1/s1. The molecule has 0 unspecified atom stereocenters. The van der Waals surface area contributed by atoms with Gasteiger partial charge in [-0.2, -0.15) is 23.3 Å². The number of rotatable bonds is 3. The van der Waals surface area contributed by atoms with E-state index in [0.29, 0.717) is 0 Å². The number of nitrogens with zero attached hydrogens (tertiary/aromatic N) is 2. The van der Waals surface area contributed by atoms with Crippen LogP contribution in [0.2, 0.25) is 0 Å². The molecule has 6 rings (SSSR count). The van der Waals surface area contributed by atoms with Crippen molar-refractivity contribution in [3.63, 3.8) is 0 Å². The highest BCUT2D eigenvalue weighted by atomic mass is 19.4. The van der Waals surface area contributed by atoms with Crippen molar-refractivity contribution in [3.8, 4) is 11.3 Å². The van der Waals surface area contributed by atoms with Crippen LogP contribution in [0, 0.1) is 29.1 Å². The minimum absolute atomic E-state index is 0.121. The van der Waals surface area contributed by atoms with Gasteiger partial charge in [-0.25, -0.2) is 0 Å². The van der Waals surface area contributed by atoms with E-state index in [0.717, 1.165) is 30.0 Å². The summed E-state index contributed by atoms with van der Waals surface area (Å²) in [5.41, 5.74) is -0.375. The third-order valence-electron chi connectivity index (χ3n) is 7.23. The smallest absolute Gasteiger partial charge is 0.416 e. The van der Waals surface area contributed by atoms with Gasteiger partial charge in [-0.1, -0.05) is 24.3 Å². The van der Waals surface area contributed by atoms with Crippen molar-refractivity contribution in [2.45, 2.75) is 19.0 Å². The van der Waals surface area contributed by atoms with E-state index in [1.165, 1.54) is 30.5 Å². The summed E-state index contributed by atoms with van der Waals surface area (Å²) >= 11 is 0. The minimum Gasteiger partial charge on any atom is -0.455 e. The SMILES string of the molecule is O=C1[C@@H]2[C@@H](C(=O)N1/N=C\c1ccc(-c3cccc(C(F)(F)F)c3)o1)[C@H]1C=C[C@H]2C12CC2. The molecule has 1 saturated heterocycles. The quantitative estimate of drug-likeness (QED) is 0.413. The zero-order valence-corrected chi connectivity index (χ0v) is 16.2. The molecule has 31 heavy (non-hydrogen) atoms. The number of halogens is 3. The maximum absolute atomic E-state index is 12.9. The van der Waals surface area contributed by atoms with Gasteiger partial charge in [0.05, 0.1) is 23.6 Å². The molecule has 1 aliphatic heterocycles. The Morgan fingerprint density at radius 2 is 1.71 bits per heavy atom. The first-order valence-electron chi connectivity index (χ1n) is 10.2. The lowest BCUT2D eigenvalue weighted by Crippen LogP contribution is -2.30. The Morgan fingerprint density at radius 3 is 2.32 bits per heavy atom. The maximum Gasteiger partial charge on any atom is 0.416 e. The molecule has 2 saturated carbocycles. The Kier molecular flexibility index (Phi) is 3.57. The number of hydrogen-bond acceptors (Lipinski definition) is 4. The number of furan rings is 1. The van der Waals surface area contributed by atoms with Crippen LogP contribution in [-0.2, 0) is 15.8 Å². The number of hydrogen-bond donors (Lipinski definition) is 0. The number of fused-ring (bicyclic) bond motifs is 3. The summed E-state index contributed by atoms with van der Waals surface area (Å²) in [6, 6.07) is 7.88.